The lowest BCUT2D eigenvalue weighted by Crippen LogP contribution is -2.42. The van der Waals surface area contributed by atoms with Crippen molar-refractivity contribution in [2.45, 2.75) is 44.0 Å². The minimum absolute atomic E-state index is 0.0289. The Balaban J connectivity index is 1.07. The van der Waals surface area contributed by atoms with Gasteiger partial charge in [0.05, 0.1) is 5.52 Å². The van der Waals surface area contributed by atoms with Gasteiger partial charge in [-0.15, -0.1) is 0 Å². The Morgan fingerprint density at radius 3 is 2.63 bits per heavy atom. The largest absolute Gasteiger partial charge is 0.491 e. The summed E-state index contributed by atoms with van der Waals surface area (Å²) in [6.07, 6.45) is 4.12. The molecule has 3 aromatic carbocycles. The zero-order chi connectivity index (χ0) is 24.0. The second-order valence-corrected chi connectivity index (χ2v) is 9.07. The highest BCUT2D eigenvalue weighted by atomic mass is 16.5. The normalized spacial score (nSPS) is 18.4. The number of ether oxygens (including phenoxy) is 1. The topological polar surface area (TPSA) is 88.4 Å². The Bertz CT molecular complexity index is 1220. The minimum atomic E-state index is -0.551. The van der Waals surface area contributed by atoms with Crippen LogP contribution in [0.2, 0.25) is 0 Å². The summed E-state index contributed by atoms with van der Waals surface area (Å²) in [5, 5.41) is 22.5. The predicted molar refractivity (Wildman–Crippen MR) is 136 cm³/mol. The number of carbonyl (C=O) groups excluding carboxylic acids is 1. The van der Waals surface area contributed by atoms with Gasteiger partial charge in [0.25, 0.3) is 0 Å². The number of rotatable bonds is 9. The van der Waals surface area contributed by atoms with Crippen LogP contribution in [-0.2, 0) is 17.8 Å². The van der Waals surface area contributed by atoms with Gasteiger partial charge in [0, 0.05) is 29.4 Å². The molecule has 1 amide bonds. The molecule has 3 atom stereocenters. The number of hydrogen-bond acceptors (Lipinski definition) is 5. The zero-order valence-electron chi connectivity index (χ0n) is 19.5. The van der Waals surface area contributed by atoms with Crippen molar-refractivity contribution in [2.75, 3.05) is 11.9 Å². The van der Waals surface area contributed by atoms with Crippen molar-refractivity contribution in [2.24, 2.45) is 0 Å². The van der Waals surface area contributed by atoms with Gasteiger partial charge in [-0.25, -0.2) is 0 Å². The van der Waals surface area contributed by atoms with Crippen LogP contribution in [0, 0.1) is 0 Å². The molecular formula is C28H30N4O3. The molecule has 3 N–H and O–H groups in total. The molecule has 0 bridgehead atoms. The van der Waals surface area contributed by atoms with Gasteiger partial charge in [-0.2, -0.15) is 5.10 Å². The van der Waals surface area contributed by atoms with Crippen LogP contribution >= 0.6 is 0 Å². The zero-order valence-corrected chi connectivity index (χ0v) is 19.5. The van der Waals surface area contributed by atoms with Gasteiger partial charge < -0.3 is 20.5 Å². The summed E-state index contributed by atoms with van der Waals surface area (Å²) in [7, 11) is 0. The van der Waals surface area contributed by atoms with E-state index >= 15 is 0 Å². The van der Waals surface area contributed by atoms with Gasteiger partial charge in [-0.3, -0.25) is 9.48 Å². The monoisotopic (exact) mass is 470 g/mol. The maximum Gasteiger partial charge on any atom is 0.246 e. The first-order valence-electron chi connectivity index (χ1n) is 12.1. The average Bonchev–Trinajstić information content (AvgIpc) is 3.51. The van der Waals surface area contributed by atoms with Gasteiger partial charge in [0.1, 0.15) is 25.0 Å². The van der Waals surface area contributed by atoms with Crippen LogP contribution in [0.15, 0.2) is 85.1 Å². The highest BCUT2D eigenvalue weighted by Crippen LogP contribution is 2.21. The van der Waals surface area contributed by atoms with Gasteiger partial charge in [0.2, 0.25) is 5.91 Å². The average molecular weight is 471 g/mol. The van der Waals surface area contributed by atoms with Crippen molar-refractivity contribution < 1.29 is 14.6 Å². The molecule has 0 radical (unpaired) electrons. The first-order valence-corrected chi connectivity index (χ1v) is 12.1. The van der Waals surface area contributed by atoms with Crippen molar-refractivity contribution in [3.05, 3.63) is 90.6 Å². The second kappa shape index (κ2) is 10.7. The fourth-order valence-electron chi connectivity index (χ4n) is 4.58. The van der Waals surface area contributed by atoms with Gasteiger partial charge in [0.15, 0.2) is 0 Å². The Morgan fingerprint density at radius 1 is 1.06 bits per heavy atom. The number of aliphatic hydroxyl groups excluding tert-OH is 1. The molecule has 2 heterocycles. The molecule has 7 nitrogen and oxygen atoms in total. The smallest absolute Gasteiger partial charge is 0.246 e. The Hall–Kier alpha value is -3.68. The maximum absolute atomic E-state index is 12.5. The minimum Gasteiger partial charge on any atom is -0.491 e. The molecule has 0 unspecified atom stereocenters. The molecule has 1 saturated heterocycles. The number of aliphatic hydroxyl groups is 1. The molecule has 4 aromatic rings. The van der Waals surface area contributed by atoms with Crippen LogP contribution in [0.5, 0.6) is 5.75 Å². The van der Waals surface area contributed by atoms with Crippen molar-refractivity contribution in [3.8, 4) is 5.75 Å². The highest BCUT2D eigenvalue weighted by Gasteiger charge is 2.29. The quantitative estimate of drug-likeness (QED) is 0.347. The van der Waals surface area contributed by atoms with Crippen LogP contribution in [0.1, 0.15) is 18.4 Å². The predicted octanol–water partition coefficient (Wildman–Crippen LogP) is 3.78. The van der Waals surface area contributed by atoms with E-state index < -0.39 is 6.10 Å². The van der Waals surface area contributed by atoms with E-state index in [9.17, 15) is 9.90 Å². The SMILES string of the molecule is O=C(Cn1cc2ccccc2n1)Nc1ccc(C[C@@H]2CC[C@H]([C@H](O)COc3ccccc3)N2)cc1. The van der Waals surface area contributed by atoms with Crippen LogP contribution in [0.3, 0.4) is 0 Å². The number of anilines is 1. The molecule has 35 heavy (non-hydrogen) atoms. The molecule has 1 aliphatic rings. The van der Waals surface area contributed by atoms with Gasteiger partial charge in [-0.1, -0.05) is 48.5 Å². The maximum atomic E-state index is 12.5. The molecule has 7 heteroatoms. The summed E-state index contributed by atoms with van der Waals surface area (Å²) in [6, 6.07) is 25.7. The van der Waals surface area contributed by atoms with E-state index in [4.69, 9.17) is 4.74 Å². The molecule has 1 aromatic heterocycles. The lowest BCUT2D eigenvalue weighted by molar-refractivity contribution is -0.116. The molecule has 1 fully saturated rings. The highest BCUT2D eigenvalue weighted by molar-refractivity contribution is 5.90. The molecule has 5 rings (SSSR count). The van der Waals surface area contributed by atoms with Crippen LogP contribution in [-0.4, -0.2) is 45.6 Å². The summed E-state index contributed by atoms with van der Waals surface area (Å²) < 4.78 is 7.36. The van der Waals surface area contributed by atoms with E-state index in [0.717, 1.165) is 41.6 Å². The van der Waals surface area contributed by atoms with Crippen molar-refractivity contribution in [1.82, 2.24) is 15.1 Å². The van der Waals surface area contributed by atoms with E-state index in [1.165, 1.54) is 5.56 Å². The molecule has 0 aliphatic carbocycles. The summed E-state index contributed by atoms with van der Waals surface area (Å²) >= 11 is 0. The molecule has 0 saturated carbocycles. The molecular weight excluding hydrogens is 440 g/mol. The summed E-state index contributed by atoms with van der Waals surface area (Å²) in [5.74, 6) is 0.656. The Kier molecular flexibility index (Phi) is 7.07. The van der Waals surface area contributed by atoms with Crippen LogP contribution in [0.4, 0.5) is 5.69 Å². The van der Waals surface area contributed by atoms with Gasteiger partial charge in [-0.05, 0) is 55.2 Å². The third-order valence-corrected chi connectivity index (χ3v) is 6.39. The number of nitrogens with zero attached hydrogens (tertiary/aromatic N) is 2. The fraction of sp³-hybridized carbons (Fsp3) is 0.286. The van der Waals surface area contributed by atoms with Crippen molar-refractivity contribution in [1.29, 1.82) is 0 Å². The molecule has 1 aliphatic heterocycles. The fourth-order valence-corrected chi connectivity index (χ4v) is 4.58. The third-order valence-electron chi connectivity index (χ3n) is 6.39. The lowest BCUT2D eigenvalue weighted by atomic mass is 10.0. The van der Waals surface area contributed by atoms with Crippen molar-refractivity contribution in [3.63, 3.8) is 0 Å². The van der Waals surface area contributed by atoms with Crippen LogP contribution < -0.4 is 15.4 Å². The third kappa shape index (κ3) is 6.07. The first kappa shape index (κ1) is 23.1. The number of carbonyl (C=O) groups is 1. The standard InChI is InChI=1S/C28H30N4O3/c33-27(19-35-24-7-2-1-3-8-24)26-15-14-23(29-26)16-20-10-12-22(13-11-20)30-28(34)18-32-17-21-6-4-5-9-25(21)31-32/h1-13,17,23,26-27,29,33H,14-16,18-19H2,(H,30,34)/t23-,26+,27+/m0/s1. The van der Waals surface area contributed by atoms with Gasteiger partial charge >= 0.3 is 0 Å². The molecule has 180 valence electrons. The number of aromatic nitrogens is 2. The first-order chi connectivity index (χ1) is 17.1. The van der Waals surface area contributed by atoms with Crippen molar-refractivity contribution >= 4 is 22.5 Å². The van der Waals surface area contributed by atoms with E-state index in [0.29, 0.717) is 6.04 Å². The summed E-state index contributed by atoms with van der Waals surface area (Å²) in [6.45, 7) is 0.442. The number of fused-ring (bicyclic) bond motifs is 1. The lowest BCUT2D eigenvalue weighted by Gasteiger charge is -2.20. The van der Waals surface area contributed by atoms with E-state index in [1.54, 1.807) is 4.68 Å². The van der Waals surface area contributed by atoms with E-state index in [-0.39, 0.29) is 25.1 Å². The van der Waals surface area contributed by atoms with E-state index in [1.807, 2.05) is 85.1 Å². The van der Waals surface area contributed by atoms with Crippen LogP contribution in [0.25, 0.3) is 10.9 Å². The number of benzene rings is 3. The summed E-state index contributed by atoms with van der Waals surface area (Å²) in [5.41, 5.74) is 2.83. The number of amides is 1. The summed E-state index contributed by atoms with van der Waals surface area (Å²) in [4.78, 5) is 12.5. The number of hydrogen-bond donors (Lipinski definition) is 3. The second-order valence-electron chi connectivity index (χ2n) is 9.07. The number of para-hydroxylation sites is 1. The number of nitrogens with one attached hydrogen (secondary N) is 2. The van der Waals surface area contributed by atoms with E-state index in [2.05, 4.69) is 15.7 Å². The Morgan fingerprint density at radius 2 is 1.83 bits per heavy atom. The Labute approximate surface area is 204 Å². The molecule has 0 spiro atoms.